The molecule has 3 heterocycles. The van der Waals surface area contributed by atoms with Gasteiger partial charge in [-0.25, -0.2) is 0 Å². The van der Waals surface area contributed by atoms with Crippen molar-refractivity contribution in [2.45, 2.75) is 30.4 Å². The van der Waals surface area contributed by atoms with Gasteiger partial charge in [-0.15, -0.1) is 0 Å². The number of hydrogen-bond acceptors (Lipinski definition) is 7. The first-order chi connectivity index (χ1) is 16.4. The molecule has 7 nitrogen and oxygen atoms in total. The number of amides is 1. The van der Waals surface area contributed by atoms with Crippen LogP contribution in [0.25, 0.3) is 0 Å². The van der Waals surface area contributed by atoms with E-state index in [0.717, 1.165) is 65.2 Å². The summed E-state index contributed by atoms with van der Waals surface area (Å²) in [4.78, 5) is 23.5. The molecular formula is C26H40N6OS. The molecule has 2 N–H and O–H groups in total. The second kappa shape index (κ2) is 11.7. The van der Waals surface area contributed by atoms with Gasteiger partial charge in [-0.05, 0) is 87.4 Å². The predicted molar refractivity (Wildman–Crippen MR) is 140 cm³/mol. The van der Waals surface area contributed by atoms with Crippen molar-refractivity contribution < 1.29 is 4.79 Å². The Labute approximate surface area is 209 Å². The molecule has 1 amide bonds. The maximum Gasteiger partial charge on any atom is 0.225 e. The highest BCUT2D eigenvalue weighted by molar-refractivity contribution is 7.97. The smallest absolute Gasteiger partial charge is 0.225 e. The summed E-state index contributed by atoms with van der Waals surface area (Å²) in [5.74, 6) is 0.538. The van der Waals surface area contributed by atoms with Crippen LogP contribution >= 0.6 is 11.9 Å². The zero-order valence-electron chi connectivity index (χ0n) is 20.9. The number of piperidine rings is 1. The van der Waals surface area contributed by atoms with Gasteiger partial charge in [0.1, 0.15) is 0 Å². The first-order valence-electron chi connectivity index (χ1n) is 12.4. The van der Waals surface area contributed by atoms with Crippen molar-refractivity contribution in [2.24, 2.45) is 11.7 Å². The Morgan fingerprint density at radius 2 is 1.76 bits per heavy atom. The van der Waals surface area contributed by atoms with Gasteiger partial charge in [0.2, 0.25) is 5.91 Å². The molecule has 3 aliphatic rings. The number of piperazine rings is 1. The van der Waals surface area contributed by atoms with E-state index in [1.165, 1.54) is 16.0 Å². The lowest BCUT2D eigenvalue weighted by atomic mass is 9.94. The van der Waals surface area contributed by atoms with E-state index in [9.17, 15) is 4.79 Å². The number of nitrogens with zero attached hydrogens (tertiary/aromatic N) is 5. The van der Waals surface area contributed by atoms with Crippen molar-refractivity contribution in [3.63, 3.8) is 0 Å². The van der Waals surface area contributed by atoms with Crippen molar-refractivity contribution in [2.75, 3.05) is 67.0 Å². The molecule has 186 valence electrons. The Morgan fingerprint density at radius 3 is 2.44 bits per heavy atom. The van der Waals surface area contributed by atoms with Gasteiger partial charge in [-0.3, -0.25) is 18.9 Å². The standard InChI is InChI=1S/C26H40N6OS/c1-28(2)34-24-6-4-5-21(17-24)19-31-13-15-32(16-14-31)26(33)23-8-11-30(12-9-23)20-22-7-10-29(3)25(27)18-22/h4-7,10,17-18,23,25H,8-9,11-16,19-20,27H2,1-3H3. The van der Waals surface area contributed by atoms with E-state index in [1.54, 1.807) is 11.9 Å². The molecule has 0 bridgehead atoms. The topological polar surface area (TPSA) is 59.3 Å². The molecule has 1 atom stereocenters. The summed E-state index contributed by atoms with van der Waals surface area (Å²) in [7, 11) is 6.13. The average molecular weight is 485 g/mol. The lowest BCUT2D eigenvalue weighted by Crippen LogP contribution is -2.51. The second-order valence-electron chi connectivity index (χ2n) is 9.92. The van der Waals surface area contributed by atoms with Gasteiger partial charge in [0, 0.05) is 63.3 Å². The number of benzene rings is 1. The van der Waals surface area contributed by atoms with Crippen LogP contribution in [0.2, 0.25) is 0 Å². The second-order valence-corrected chi connectivity index (χ2v) is 11.3. The molecule has 8 heteroatoms. The van der Waals surface area contributed by atoms with Crippen molar-refractivity contribution >= 4 is 17.9 Å². The van der Waals surface area contributed by atoms with Gasteiger partial charge in [-0.2, -0.15) is 0 Å². The fourth-order valence-corrected chi connectivity index (χ4v) is 5.73. The highest BCUT2D eigenvalue weighted by Crippen LogP contribution is 2.24. The molecule has 1 unspecified atom stereocenters. The number of likely N-dealkylation sites (N-methyl/N-ethyl adjacent to an activating group) is 1. The number of hydrogen-bond donors (Lipinski definition) is 1. The molecule has 34 heavy (non-hydrogen) atoms. The Morgan fingerprint density at radius 1 is 1.06 bits per heavy atom. The van der Waals surface area contributed by atoms with Crippen LogP contribution in [0.4, 0.5) is 0 Å². The lowest BCUT2D eigenvalue weighted by molar-refractivity contribution is -0.138. The van der Waals surface area contributed by atoms with E-state index in [0.29, 0.717) is 5.91 Å². The average Bonchev–Trinajstić information content (AvgIpc) is 2.82. The van der Waals surface area contributed by atoms with Gasteiger partial charge in [0.25, 0.3) is 0 Å². The molecule has 3 aliphatic heterocycles. The third kappa shape index (κ3) is 6.86. The van der Waals surface area contributed by atoms with Crippen LogP contribution in [-0.2, 0) is 11.3 Å². The Balaban J connectivity index is 1.19. The van der Waals surface area contributed by atoms with Crippen LogP contribution in [-0.4, -0.2) is 103 Å². The first-order valence-corrected chi connectivity index (χ1v) is 13.2. The summed E-state index contributed by atoms with van der Waals surface area (Å²) in [5, 5.41) is 0. The van der Waals surface area contributed by atoms with E-state index in [-0.39, 0.29) is 12.1 Å². The van der Waals surface area contributed by atoms with E-state index in [4.69, 9.17) is 5.73 Å². The summed E-state index contributed by atoms with van der Waals surface area (Å²) in [6.07, 6.45) is 8.20. The highest BCUT2D eigenvalue weighted by Gasteiger charge is 2.30. The van der Waals surface area contributed by atoms with Gasteiger partial charge >= 0.3 is 0 Å². The molecule has 0 saturated carbocycles. The van der Waals surface area contributed by atoms with Gasteiger partial charge in [-0.1, -0.05) is 12.1 Å². The molecule has 0 radical (unpaired) electrons. The van der Waals surface area contributed by atoms with Crippen LogP contribution < -0.4 is 5.73 Å². The van der Waals surface area contributed by atoms with E-state index < -0.39 is 0 Å². The molecule has 0 spiro atoms. The summed E-state index contributed by atoms with van der Waals surface area (Å²) in [6, 6.07) is 8.78. The molecule has 2 fully saturated rings. The summed E-state index contributed by atoms with van der Waals surface area (Å²) < 4.78 is 2.12. The Hall–Kier alpha value is -1.84. The highest BCUT2D eigenvalue weighted by atomic mass is 32.2. The number of likely N-dealkylation sites (tertiary alicyclic amines) is 1. The molecule has 1 aromatic rings. The van der Waals surface area contributed by atoms with E-state index in [1.807, 2.05) is 11.9 Å². The van der Waals surface area contributed by atoms with Crippen LogP contribution in [0.5, 0.6) is 0 Å². The van der Waals surface area contributed by atoms with Gasteiger partial charge < -0.3 is 15.5 Å². The maximum absolute atomic E-state index is 13.2. The van der Waals surface area contributed by atoms with Crippen molar-refractivity contribution in [3.05, 3.63) is 53.8 Å². The molecular weight excluding hydrogens is 444 g/mol. The number of nitrogens with two attached hydrogens (primary N) is 1. The van der Waals surface area contributed by atoms with Gasteiger partial charge in [0.05, 0.1) is 6.17 Å². The zero-order valence-corrected chi connectivity index (χ0v) is 21.7. The minimum Gasteiger partial charge on any atom is -0.362 e. The summed E-state index contributed by atoms with van der Waals surface area (Å²) in [5.41, 5.74) is 8.74. The third-order valence-electron chi connectivity index (χ3n) is 7.00. The number of rotatable bonds is 7. The minimum absolute atomic E-state index is 0.0429. The lowest BCUT2D eigenvalue weighted by Gasteiger charge is -2.39. The van der Waals surface area contributed by atoms with E-state index >= 15 is 0 Å². The Bertz CT molecular complexity index is 887. The summed E-state index contributed by atoms with van der Waals surface area (Å²) >= 11 is 1.75. The fraction of sp³-hybridized carbons (Fsp3) is 0.577. The largest absolute Gasteiger partial charge is 0.362 e. The van der Waals surface area contributed by atoms with Crippen LogP contribution in [0.3, 0.4) is 0 Å². The van der Waals surface area contributed by atoms with E-state index in [2.05, 4.69) is 75.7 Å². The van der Waals surface area contributed by atoms with Crippen LogP contribution in [0.1, 0.15) is 18.4 Å². The molecule has 4 rings (SSSR count). The number of carbonyl (C=O) groups excluding carboxylic acids is 1. The normalized spacial score (nSPS) is 23.0. The monoisotopic (exact) mass is 484 g/mol. The van der Waals surface area contributed by atoms with Crippen molar-refractivity contribution in [3.8, 4) is 0 Å². The maximum atomic E-state index is 13.2. The quantitative estimate of drug-likeness (QED) is 0.596. The fourth-order valence-electron chi connectivity index (χ4n) is 4.96. The van der Waals surface area contributed by atoms with Crippen LogP contribution in [0, 0.1) is 5.92 Å². The molecule has 2 saturated heterocycles. The SMILES string of the molecule is CN(C)Sc1cccc(CN2CCN(C(=O)C3CCN(CC4=CC(N)N(C)C=C4)CC3)CC2)c1. The zero-order chi connectivity index (χ0) is 24.1. The third-order valence-corrected chi connectivity index (χ3v) is 7.83. The molecule has 0 aliphatic carbocycles. The minimum atomic E-state index is -0.0429. The van der Waals surface area contributed by atoms with Crippen molar-refractivity contribution in [1.82, 2.24) is 23.9 Å². The summed E-state index contributed by atoms with van der Waals surface area (Å²) in [6.45, 7) is 7.41. The van der Waals surface area contributed by atoms with Crippen LogP contribution in [0.15, 0.2) is 53.1 Å². The Kier molecular flexibility index (Phi) is 8.71. The predicted octanol–water partition coefficient (Wildman–Crippen LogP) is 2.28. The number of carbonyl (C=O) groups is 1. The van der Waals surface area contributed by atoms with Crippen molar-refractivity contribution in [1.29, 1.82) is 0 Å². The first kappa shape index (κ1) is 25.3. The molecule has 1 aromatic carbocycles. The van der Waals surface area contributed by atoms with Gasteiger partial charge in [0.15, 0.2) is 0 Å². The molecule has 0 aromatic heterocycles.